The smallest absolute Gasteiger partial charge is 0.0456 e. The lowest BCUT2D eigenvalue weighted by atomic mass is 9.75. The van der Waals surface area contributed by atoms with Crippen molar-refractivity contribution in [1.29, 1.82) is 0 Å². The van der Waals surface area contributed by atoms with Crippen molar-refractivity contribution in [3.8, 4) is 0 Å². The largest absolute Gasteiger partial charge is 0.361 e. The third-order valence-corrected chi connectivity index (χ3v) is 4.52. The van der Waals surface area contributed by atoms with E-state index in [0.29, 0.717) is 5.92 Å². The van der Waals surface area contributed by atoms with Crippen LogP contribution in [0, 0.1) is 0 Å². The zero-order valence-electron chi connectivity index (χ0n) is 13.1. The summed E-state index contributed by atoms with van der Waals surface area (Å²) >= 11 is 0. The summed E-state index contributed by atoms with van der Waals surface area (Å²) in [7, 11) is 0. The number of H-pyrrole nitrogens is 1. The van der Waals surface area contributed by atoms with Gasteiger partial charge < -0.3 is 4.98 Å². The first-order chi connectivity index (χ1) is 10.1. The fourth-order valence-electron chi connectivity index (χ4n) is 3.25. The van der Waals surface area contributed by atoms with E-state index in [0.717, 1.165) is 6.42 Å². The highest BCUT2D eigenvalue weighted by Gasteiger charge is 2.24. The predicted molar refractivity (Wildman–Crippen MR) is 90.8 cm³/mol. The molecule has 0 aliphatic rings. The van der Waals surface area contributed by atoms with E-state index in [1.807, 2.05) is 6.20 Å². The van der Waals surface area contributed by atoms with E-state index in [2.05, 4.69) is 80.4 Å². The Hall–Kier alpha value is -2.02. The summed E-state index contributed by atoms with van der Waals surface area (Å²) in [5.74, 6) is 0.556. The van der Waals surface area contributed by atoms with Crippen molar-refractivity contribution < 1.29 is 0 Å². The number of nitrogens with one attached hydrogen (secondary N) is 1. The van der Waals surface area contributed by atoms with Crippen LogP contribution in [0.1, 0.15) is 44.2 Å². The molecule has 0 aliphatic heterocycles. The third-order valence-electron chi connectivity index (χ3n) is 4.52. The molecule has 1 nitrogen and oxygen atoms in total. The maximum absolute atomic E-state index is 3.32. The highest BCUT2D eigenvalue weighted by molar-refractivity contribution is 5.80. The van der Waals surface area contributed by atoms with Gasteiger partial charge in [-0.25, -0.2) is 0 Å². The number of hydrogen-bond acceptors (Lipinski definition) is 0. The molecule has 108 valence electrons. The van der Waals surface area contributed by atoms with Gasteiger partial charge in [-0.1, -0.05) is 63.2 Å². The molecule has 0 amide bonds. The predicted octanol–water partition coefficient (Wildman–Crippen LogP) is 5.64. The Bertz CT molecular complexity index is 722. The van der Waals surface area contributed by atoms with E-state index in [9.17, 15) is 0 Å². The number of benzene rings is 2. The molecule has 1 atom stereocenters. The Labute approximate surface area is 127 Å². The summed E-state index contributed by atoms with van der Waals surface area (Å²) in [6.07, 6.45) is 3.15. The van der Waals surface area contributed by atoms with Gasteiger partial charge in [-0.05, 0) is 46.4 Å². The molecule has 0 saturated heterocycles. The van der Waals surface area contributed by atoms with Crippen molar-refractivity contribution in [1.82, 2.24) is 4.98 Å². The summed E-state index contributed by atoms with van der Waals surface area (Å²) in [6.45, 7) is 7.01. The average molecular weight is 277 g/mol. The number of hydrogen-bond donors (Lipinski definition) is 1. The molecule has 0 fully saturated rings. The van der Waals surface area contributed by atoms with Gasteiger partial charge in [0.25, 0.3) is 0 Å². The second-order valence-corrected chi connectivity index (χ2v) is 6.68. The Morgan fingerprint density at radius 3 is 2.52 bits per heavy atom. The Morgan fingerprint density at radius 1 is 1.00 bits per heavy atom. The number of rotatable bonds is 4. The second kappa shape index (κ2) is 5.40. The van der Waals surface area contributed by atoms with Gasteiger partial charge in [0.15, 0.2) is 0 Å². The fourth-order valence-corrected chi connectivity index (χ4v) is 3.25. The summed E-state index contributed by atoms with van der Waals surface area (Å²) < 4.78 is 0. The Kier molecular flexibility index (Phi) is 3.59. The first-order valence-corrected chi connectivity index (χ1v) is 7.69. The second-order valence-electron chi connectivity index (χ2n) is 6.68. The van der Waals surface area contributed by atoms with Gasteiger partial charge in [0.1, 0.15) is 0 Å². The highest BCUT2D eigenvalue weighted by atomic mass is 14.7. The molecule has 1 heterocycles. The van der Waals surface area contributed by atoms with Crippen LogP contribution in [0.25, 0.3) is 10.9 Å². The van der Waals surface area contributed by atoms with Crippen LogP contribution in [0.4, 0.5) is 0 Å². The van der Waals surface area contributed by atoms with E-state index in [1.165, 1.54) is 22.0 Å². The fraction of sp³-hybridized carbons (Fsp3) is 0.300. The minimum Gasteiger partial charge on any atom is -0.361 e. The lowest BCUT2D eigenvalue weighted by molar-refractivity contribution is 0.439. The van der Waals surface area contributed by atoms with Gasteiger partial charge in [0.05, 0.1) is 0 Å². The van der Waals surface area contributed by atoms with Crippen LogP contribution < -0.4 is 0 Å². The van der Waals surface area contributed by atoms with Crippen LogP contribution in [0.15, 0.2) is 60.8 Å². The highest BCUT2D eigenvalue weighted by Crippen LogP contribution is 2.35. The van der Waals surface area contributed by atoms with Crippen LogP contribution in [0.2, 0.25) is 0 Å². The van der Waals surface area contributed by atoms with Crippen molar-refractivity contribution >= 4 is 10.9 Å². The van der Waals surface area contributed by atoms with Crippen LogP contribution in [0.5, 0.6) is 0 Å². The Balaban J connectivity index is 1.85. The van der Waals surface area contributed by atoms with E-state index in [-0.39, 0.29) is 5.41 Å². The molecule has 3 rings (SSSR count). The lowest BCUT2D eigenvalue weighted by Crippen LogP contribution is -2.20. The van der Waals surface area contributed by atoms with E-state index in [1.54, 1.807) is 0 Å². The average Bonchev–Trinajstić information content (AvgIpc) is 2.95. The van der Waals surface area contributed by atoms with Crippen LogP contribution in [0.3, 0.4) is 0 Å². The van der Waals surface area contributed by atoms with Gasteiger partial charge in [-0.3, -0.25) is 0 Å². The molecule has 3 aromatic rings. The van der Waals surface area contributed by atoms with Crippen LogP contribution in [-0.2, 0) is 5.41 Å². The maximum atomic E-state index is 3.32. The molecule has 1 heteroatoms. The van der Waals surface area contributed by atoms with E-state index >= 15 is 0 Å². The molecule has 0 spiro atoms. The first-order valence-electron chi connectivity index (χ1n) is 7.69. The molecule has 21 heavy (non-hydrogen) atoms. The number of aromatic nitrogens is 1. The summed E-state index contributed by atoms with van der Waals surface area (Å²) in [5, 5.41) is 1.28. The number of aromatic amines is 1. The van der Waals surface area contributed by atoms with Gasteiger partial charge in [0, 0.05) is 11.7 Å². The number of fused-ring (bicyclic) bond motifs is 1. The van der Waals surface area contributed by atoms with Crippen molar-refractivity contribution in [2.24, 2.45) is 0 Å². The van der Waals surface area contributed by atoms with Gasteiger partial charge in [-0.15, -0.1) is 0 Å². The summed E-state index contributed by atoms with van der Waals surface area (Å²) in [5.41, 5.74) is 4.22. The molecule has 1 N–H and O–H groups in total. The van der Waals surface area contributed by atoms with Crippen LogP contribution in [-0.4, -0.2) is 4.98 Å². The van der Waals surface area contributed by atoms with E-state index in [4.69, 9.17) is 0 Å². The minimum atomic E-state index is 0.161. The van der Waals surface area contributed by atoms with Crippen LogP contribution >= 0.6 is 0 Å². The SMILES string of the molecule is CC(CC(C)(C)c1ccc2cc[nH]c2c1)c1ccccc1. The normalized spacial score (nSPS) is 13.5. The maximum Gasteiger partial charge on any atom is 0.0456 e. The minimum absolute atomic E-state index is 0.161. The molecule has 1 aromatic heterocycles. The third kappa shape index (κ3) is 2.87. The van der Waals surface area contributed by atoms with E-state index < -0.39 is 0 Å². The van der Waals surface area contributed by atoms with Crippen molar-refractivity contribution in [2.75, 3.05) is 0 Å². The van der Waals surface area contributed by atoms with Crippen molar-refractivity contribution in [3.05, 3.63) is 71.9 Å². The topological polar surface area (TPSA) is 15.8 Å². The van der Waals surface area contributed by atoms with Gasteiger partial charge in [-0.2, -0.15) is 0 Å². The van der Waals surface area contributed by atoms with Gasteiger partial charge in [0.2, 0.25) is 0 Å². The van der Waals surface area contributed by atoms with Crippen molar-refractivity contribution in [2.45, 2.75) is 38.5 Å². The molecule has 2 aromatic carbocycles. The Morgan fingerprint density at radius 2 is 1.76 bits per heavy atom. The molecule has 0 bridgehead atoms. The molecule has 0 saturated carbocycles. The lowest BCUT2D eigenvalue weighted by Gasteiger charge is -2.29. The summed E-state index contributed by atoms with van der Waals surface area (Å²) in [6, 6.07) is 19.7. The zero-order valence-corrected chi connectivity index (χ0v) is 13.1. The monoisotopic (exact) mass is 277 g/mol. The standard InChI is InChI=1S/C20H23N/c1-15(16-7-5-4-6-8-16)14-20(2,3)18-10-9-17-11-12-21-19(17)13-18/h4-13,15,21H,14H2,1-3H3. The molecule has 1 unspecified atom stereocenters. The quantitative estimate of drug-likeness (QED) is 0.635. The van der Waals surface area contributed by atoms with Gasteiger partial charge >= 0.3 is 0 Å². The molecule has 0 aliphatic carbocycles. The first kappa shape index (κ1) is 13.9. The zero-order chi connectivity index (χ0) is 14.9. The molecular formula is C20H23N. The molecular weight excluding hydrogens is 254 g/mol. The molecule has 0 radical (unpaired) electrons. The summed E-state index contributed by atoms with van der Waals surface area (Å²) in [4.78, 5) is 3.32. The van der Waals surface area contributed by atoms with Crippen molar-refractivity contribution in [3.63, 3.8) is 0 Å².